The predicted octanol–water partition coefficient (Wildman–Crippen LogP) is 3.86. The summed E-state index contributed by atoms with van der Waals surface area (Å²) in [6.45, 7) is 11.1. The zero-order chi connectivity index (χ0) is 13.0. The number of benzene rings is 1. The van der Waals surface area contributed by atoms with Crippen molar-refractivity contribution in [2.75, 3.05) is 6.61 Å². The molecule has 0 radical (unpaired) electrons. The zero-order valence-corrected chi connectivity index (χ0v) is 11.6. The molecule has 0 spiro atoms. The largest absolute Gasteiger partial charge is 0.507 e. The Kier molecular flexibility index (Phi) is 4.86. The first-order chi connectivity index (χ1) is 8.01. The maximum atomic E-state index is 10.1. The summed E-state index contributed by atoms with van der Waals surface area (Å²) in [4.78, 5) is 0. The van der Waals surface area contributed by atoms with Crippen LogP contribution in [0.1, 0.15) is 44.4 Å². The van der Waals surface area contributed by atoms with Gasteiger partial charge in [0.2, 0.25) is 0 Å². The minimum Gasteiger partial charge on any atom is -0.507 e. The first-order valence-corrected chi connectivity index (χ1v) is 6.48. The molecule has 0 bridgehead atoms. The van der Waals surface area contributed by atoms with Crippen molar-refractivity contribution >= 4 is 0 Å². The van der Waals surface area contributed by atoms with E-state index in [9.17, 15) is 5.11 Å². The van der Waals surface area contributed by atoms with Crippen molar-refractivity contribution in [3.63, 3.8) is 0 Å². The molecule has 2 nitrogen and oxygen atoms in total. The fraction of sp³-hybridized carbons (Fsp3) is 0.600. The van der Waals surface area contributed by atoms with Crippen molar-refractivity contribution in [3.05, 3.63) is 22.8 Å². The molecule has 96 valence electrons. The molecule has 0 aliphatic heterocycles. The highest BCUT2D eigenvalue weighted by atomic mass is 16.5. The average Bonchev–Trinajstić information content (AvgIpc) is 2.28. The average molecular weight is 236 g/mol. The summed E-state index contributed by atoms with van der Waals surface area (Å²) >= 11 is 0. The second-order valence-electron chi connectivity index (χ2n) is 4.90. The predicted molar refractivity (Wildman–Crippen MR) is 71.9 cm³/mol. The fourth-order valence-corrected chi connectivity index (χ4v) is 1.96. The molecule has 0 aliphatic rings. The molecule has 0 saturated heterocycles. The van der Waals surface area contributed by atoms with Crippen molar-refractivity contribution in [2.24, 2.45) is 5.92 Å². The summed E-state index contributed by atoms with van der Waals surface area (Å²) in [5.41, 5.74) is 3.07. The van der Waals surface area contributed by atoms with Crippen LogP contribution in [0.25, 0.3) is 0 Å². The Balaban J connectivity index is 3.12. The second kappa shape index (κ2) is 5.95. The Hall–Kier alpha value is -1.18. The van der Waals surface area contributed by atoms with Gasteiger partial charge in [-0.3, -0.25) is 0 Å². The molecule has 1 aromatic carbocycles. The highest BCUT2D eigenvalue weighted by Gasteiger charge is 2.13. The van der Waals surface area contributed by atoms with Gasteiger partial charge in [0, 0.05) is 5.56 Å². The molecule has 0 aliphatic carbocycles. The van der Waals surface area contributed by atoms with Crippen molar-refractivity contribution in [1.29, 1.82) is 0 Å². The summed E-state index contributed by atoms with van der Waals surface area (Å²) in [7, 11) is 0. The smallest absolute Gasteiger partial charge is 0.123 e. The maximum absolute atomic E-state index is 10.1. The van der Waals surface area contributed by atoms with E-state index in [2.05, 4.69) is 27.7 Å². The van der Waals surface area contributed by atoms with Crippen LogP contribution >= 0.6 is 0 Å². The summed E-state index contributed by atoms with van der Waals surface area (Å²) in [5, 5.41) is 10.1. The number of hydrogen-bond donors (Lipinski definition) is 1. The number of aromatic hydroxyl groups is 1. The van der Waals surface area contributed by atoms with Gasteiger partial charge in [-0.05, 0) is 42.9 Å². The van der Waals surface area contributed by atoms with Gasteiger partial charge in [0.15, 0.2) is 0 Å². The van der Waals surface area contributed by atoms with E-state index < -0.39 is 0 Å². The van der Waals surface area contributed by atoms with E-state index in [0.717, 1.165) is 41.9 Å². The molecule has 0 atom stereocenters. The molecule has 1 aromatic rings. The lowest BCUT2D eigenvalue weighted by Crippen LogP contribution is -2.07. The zero-order valence-electron chi connectivity index (χ0n) is 11.6. The van der Waals surface area contributed by atoms with Gasteiger partial charge >= 0.3 is 0 Å². The normalized spacial score (nSPS) is 10.9. The van der Waals surface area contributed by atoms with E-state index in [-0.39, 0.29) is 0 Å². The lowest BCUT2D eigenvalue weighted by atomic mass is 9.98. The van der Waals surface area contributed by atoms with E-state index in [1.807, 2.05) is 13.0 Å². The summed E-state index contributed by atoms with van der Waals surface area (Å²) in [6, 6.07) is 1.98. The maximum Gasteiger partial charge on any atom is 0.123 e. The van der Waals surface area contributed by atoms with Gasteiger partial charge in [0.1, 0.15) is 11.5 Å². The number of aryl methyl sites for hydroxylation is 1. The third-order valence-electron chi connectivity index (χ3n) is 3.02. The highest BCUT2D eigenvalue weighted by molar-refractivity contribution is 5.52. The lowest BCUT2D eigenvalue weighted by Gasteiger charge is -2.17. The van der Waals surface area contributed by atoms with Gasteiger partial charge in [-0.15, -0.1) is 0 Å². The minimum atomic E-state index is 0.449. The van der Waals surface area contributed by atoms with Crippen molar-refractivity contribution < 1.29 is 9.84 Å². The quantitative estimate of drug-likeness (QED) is 0.841. The second-order valence-corrected chi connectivity index (χ2v) is 4.90. The van der Waals surface area contributed by atoms with Gasteiger partial charge in [0.05, 0.1) is 6.61 Å². The Labute approximate surface area is 105 Å². The Morgan fingerprint density at radius 3 is 2.35 bits per heavy atom. The fourth-order valence-electron chi connectivity index (χ4n) is 1.96. The topological polar surface area (TPSA) is 29.5 Å². The standard InChI is InChI=1S/C15H24O2/c1-6-12-8-14(17-9-10(3)4)11(5)13(7-2)15(12)16/h8,10,16H,6-7,9H2,1-5H3. The monoisotopic (exact) mass is 236 g/mol. The van der Waals surface area contributed by atoms with Gasteiger partial charge in [-0.2, -0.15) is 0 Å². The van der Waals surface area contributed by atoms with E-state index in [4.69, 9.17) is 4.74 Å². The van der Waals surface area contributed by atoms with Gasteiger partial charge in [-0.1, -0.05) is 27.7 Å². The lowest BCUT2D eigenvalue weighted by molar-refractivity contribution is 0.268. The summed E-state index contributed by atoms with van der Waals surface area (Å²) in [5.74, 6) is 1.88. The SMILES string of the molecule is CCc1cc(OCC(C)C)c(C)c(CC)c1O. The molecule has 0 saturated carbocycles. The van der Waals surface area contributed by atoms with E-state index in [1.165, 1.54) is 0 Å². The Morgan fingerprint density at radius 1 is 1.24 bits per heavy atom. The molecule has 1 N–H and O–H groups in total. The molecule has 0 amide bonds. The van der Waals surface area contributed by atoms with Crippen LogP contribution in [0.2, 0.25) is 0 Å². The van der Waals surface area contributed by atoms with Crippen LogP contribution < -0.4 is 4.74 Å². The third-order valence-corrected chi connectivity index (χ3v) is 3.02. The Bertz CT molecular complexity index is 381. The number of ether oxygens (including phenoxy) is 1. The van der Waals surface area contributed by atoms with Crippen LogP contribution in [-0.4, -0.2) is 11.7 Å². The number of rotatable bonds is 5. The van der Waals surface area contributed by atoms with E-state index >= 15 is 0 Å². The van der Waals surface area contributed by atoms with Crippen LogP contribution in [0.5, 0.6) is 11.5 Å². The molecule has 17 heavy (non-hydrogen) atoms. The molecular formula is C15H24O2. The molecular weight excluding hydrogens is 212 g/mol. The molecule has 0 unspecified atom stereocenters. The number of phenols is 1. The minimum absolute atomic E-state index is 0.449. The van der Waals surface area contributed by atoms with E-state index in [0.29, 0.717) is 11.7 Å². The first kappa shape index (κ1) is 13.9. The van der Waals surface area contributed by atoms with Crippen molar-refractivity contribution in [3.8, 4) is 11.5 Å². The van der Waals surface area contributed by atoms with Gasteiger partial charge in [0.25, 0.3) is 0 Å². The van der Waals surface area contributed by atoms with Crippen molar-refractivity contribution in [2.45, 2.75) is 47.5 Å². The van der Waals surface area contributed by atoms with Crippen LogP contribution in [0.3, 0.4) is 0 Å². The third kappa shape index (κ3) is 3.15. The summed E-state index contributed by atoms with van der Waals surface area (Å²) < 4.78 is 5.83. The van der Waals surface area contributed by atoms with Crippen LogP contribution in [-0.2, 0) is 12.8 Å². The molecule has 0 aromatic heterocycles. The number of hydrogen-bond acceptors (Lipinski definition) is 2. The molecule has 1 rings (SSSR count). The van der Waals surface area contributed by atoms with Gasteiger partial charge < -0.3 is 9.84 Å². The molecule has 0 fully saturated rings. The summed E-state index contributed by atoms with van der Waals surface area (Å²) in [6.07, 6.45) is 1.67. The van der Waals surface area contributed by atoms with Gasteiger partial charge in [-0.25, -0.2) is 0 Å². The van der Waals surface area contributed by atoms with Crippen LogP contribution in [0.4, 0.5) is 0 Å². The molecule has 2 heteroatoms. The van der Waals surface area contributed by atoms with Crippen LogP contribution in [0, 0.1) is 12.8 Å². The number of phenolic OH excluding ortho intramolecular Hbond substituents is 1. The molecule has 0 heterocycles. The van der Waals surface area contributed by atoms with Crippen molar-refractivity contribution in [1.82, 2.24) is 0 Å². The van der Waals surface area contributed by atoms with Crippen LogP contribution in [0.15, 0.2) is 6.07 Å². The first-order valence-electron chi connectivity index (χ1n) is 6.48. The highest BCUT2D eigenvalue weighted by Crippen LogP contribution is 2.34. The van der Waals surface area contributed by atoms with E-state index in [1.54, 1.807) is 0 Å². The Morgan fingerprint density at radius 2 is 1.88 bits per heavy atom.